The van der Waals surface area contributed by atoms with E-state index >= 15 is 0 Å². The van der Waals surface area contributed by atoms with E-state index in [0.29, 0.717) is 23.5 Å². The number of nitrogens with zero attached hydrogens (tertiary/aromatic N) is 2. The molecule has 0 amide bonds. The number of carbonyl (C=O) groups is 1. The largest absolute Gasteiger partial charge is 0.760 e. The van der Waals surface area contributed by atoms with Gasteiger partial charge in [-0.2, -0.15) is 0 Å². The molecule has 2 rings (SSSR count). The molecule has 13 heavy (non-hydrogen) atoms. The van der Waals surface area contributed by atoms with E-state index in [2.05, 4.69) is 4.94 Å². The molecule has 1 aliphatic carbocycles. The van der Waals surface area contributed by atoms with Crippen molar-refractivity contribution in [3.05, 3.63) is 22.1 Å². The zero-order chi connectivity index (χ0) is 9.42. The van der Waals surface area contributed by atoms with Crippen molar-refractivity contribution < 1.29 is 9.73 Å². The molecular formula is C7H8N2O4-2. The summed E-state index contributed by atoms with van der Waals surface area (Å²) in [6.07, 6.45) is 3.05. The molecule has 2 unspecified atom stereocenters. The van der Waals surface area contributed by atoms with E-state index in [1.54, 1.807) is 6.08 Å². The minimum absolute atomic E-state index is 0.272. The Kier molecular flexibility index (Phi) is 2.14. The summed E-state index contributed by atoms with van der Waals surface area (Å²) >= 11 is 0. The summed E-state index contributed by atoms with van der Waals surface area (Å²) in [4.78, 5) is 14.7. The van der Waals surface area contributed by atoms with Gasteiger partial charge in [0.25, 0.3) is 0 Å². The molecule has 6 heteroatoms. The Bertz CT molecular complexity index is 255. The van der Waals surface area contributed by atoms with Crippen LogP contribution in [0, 0.1) is 10.4 Å². The maximum absolute atomic E-state index is 11.0. The molecule has 72 valence electrons. The summed E-state index contributed by atoms with van der Waals surface area (Å²) in [5.74, 6) is 0. The van der Waals surface area contributed by atoms with E-state index in [-0.39, 0.29) is 11.6 Å². The van der Waals surface area contributed by atoms with Crippen molar-refractivity contribution in [1.82, 2.24) is 10.5 Å². The topological polar surface area (TPSA) is 78.9 Å². The van der Waals surface area contributed by atoms with Crippen LogP contribution in [0.3, 0.4) is 0 Å². The first kappa shape index (κ1) is 8.79. The first-order valence-electron chi connectivity index (χ1n) is 3.97. The monoisotopic (exact) mass is 184 g/mol. The van der Waals surface area contributed by atoms with Gasteiger partial charge in [-0.25, -0.2) is 15.4 Å². The van der Waals surface area contributed by atoms with Gasteiger partial charge in [-0.1, -0.05) is 6.08 Å². The Labute approximate surface area is 74.4 Å². The lowest BCUT2D eigenvalue weighted by Gasteiger charge is -2.31. The van der Waals surface area contributed by atoms with Gasteiger partial charge in [0.2, 0.25) is 0 Å². The van der Waals surface area contributed by atoms with Gasteiger partial charge in [0, 0.05) is 12.1 Å². The highest BCUT2D eigenvalue weighted by molar-refractivity contribution is 5.73. The summed E-state index contributed by atoms with van der Waals surface area (Å²) in [6.45, 7) is 0. The molecular weight excluding hydrogens is 176 g/mol. The molecule has 1 heterocycles. The van der Waals surface area contributed by atoms with Gasteiger partial charge in [0.05, 0.1) is 0 Å². The molecule has 0 radical (unpaired) electrons. The van der Waals surface area contributed by atoms with Crippen molar-refractivity contribution in [2.45, 2.75) is 24.9 Å². The number of hydrogen-bond donors (Lipinski definition) is 0. The zero-order valence-electron chi connectivity index (χ0n) is 6.75. The van der Waals surface area contributed by atoms with Gasteiger partial charge in [-0.15, -0.1) is 0 Å². The molecule has 0 aromatic carbocycles. The molecule has 1 aliphatic heterocycles. The van der Waals surface area contributed by atoms with E-state index in [4.69, 9.17) is 0 Å². The van der Waals surface area contributed by atoms with E-state index < -0.39 is 12.1 Å². The van der Waals surface area contributed by atoms with Crippen LogP contribution >= 0.6 is 0 Å². The first-order chi connectivity index (χ1) is 6.22. The number of carbonyl (C=O) groups excluding carboxylic acids is 1. The predicted molar refractivity (Wildman–Crippen MR) is 42.5 cm³/mol. The van der Waals surface area contributed by atoms with Crippen LogP contribution in [0.1, 0.15) is 12.8 Å². The lowest BCUT2D eigenvalue weighted by atomic mass is 9.92. The summed E-state index contributed by atoms with van der Waals surface area (Å²) in [5, 5.41) is 22.5. The highest BCUT2D eigenvalue weighted by atomic mass is 17.1. The van der Waals surface area contributed by atoms with Crippen LogP contribution in [0.2, 0.25) is 0 Å². The van der Waals surface area contributed by atoms with Gasteiger partial charge in [-0.05, 0) is 18.4 Å². The van der Waals surface area contributed by atoms with Crippen LogP contribution in [0.25, 0.3) is 0 Å². The van der Waals surface area contributed by atoms with Crippen LogP contribution in [0.15, 0.2) is 11.6 Å². The Hall–Kier alpha value is -0.790. The second-order valence-electron chi connectivity index (χ2n) is 3.12. The molecule has 0 bridgehead atoms. The Balaban J connectivity index is 2.16. The first-order valence-corrected chi connectivity index (χ1v) is 3.97. The van der Waals surface area contributed by atoms with Gasteiger partial charge < -0.3 is 10.4 Å². The van der Waals surface area contributed by atoms with Crippen molar-refractivity contribution in [2.75, 3.05) is 0 Å². The highest BCUT2D eigenvalue weighted by Crippen LogP contribution is 2.31. The minimum atomic E-state index is -0.539. The third-order valence-corrected chi connectivity index (χ3v) is 2.36. The number of hydrogen-bond acceptors (Lipinski definition) is 6. The number of hydroxylamine groups is 4. The highest BCUT2D eigenvalue weighted by Gasteiger charge is 2.34. The fraction of sp³-hybridized carbons (Fsp3) is 0.571. The molecule has 0 aromatic rings. The Morgan fingerprint density at radius 3 is 2.85 bits per heavy atom. The van der Waals surface area contributed by atoms with Gasteiger partial charge in [-0.3, -0.25) is 4.79 Å². The smallest absolute Gasteiger partial charge is 0.145 e. The van der Waals surface area contributed by atoms with Crippen LogP contribution < -0.4 is 0 Å². The normalized spacial score (nSPS) is 35.7. The van der Waals surface area contributed by atoms with Gasteiger partial charge >= 0.3 is 0 Å². The van der Waals surface area contributed by atoms with Gasteiger partial charge in [0.1, 0.15) is 6.29 Å². The maximum atomic E-state index is 11.0. The van der Waals surface area contributed by atoms with E-state index in [1.165, 1.54) is 0 Å². The fourth-order valence-electron chi connectivity index (χ4n) is 1.63. The van der Waals surface area contributed by atoms with Crippen molar-refractivity contribution in [2.24, 2.45) is 0 Å². The molecule has 0 N–H and O–H groups in total. The van der Waals surface area contributed by atoms with Crippen LogP contribution in [-0.2, 0) is 9.73 Å². The molecule has 0 saturated carbocycles. The molecule has 1 saturated heterocycles. The third-order valence-electron chi connectivity index (χ3n) is 2.36. The fourth-order valence-corrected chi connectivity index (χ4v) is 1.63. The minimum Gasteiger partial charge on any atom is -0.760 e. The standard InChI is InChI=1S/C7H8N2O4/c10-4-5-1-2-6-7(3-5)9(12)13-8(6)11/h1,4,6-7H,2-3H2/q-2. The quantitative estimate of drug-likeness (QED) is 0.538. The summed E-state index contributed by atoms with van der Waals surface area (Å²) in [6, 6.07) is -1.01. The Morgan fingerprint density at radius 2 is 2.15 bits per heavy atom. The Morgan fingerprint density at radius 1 is 1.46 bits per heavy atom. The molecule has 2 atom stereocenters. The molecule has 0 spiro atoms. The number of aldehydes is 1. The third kappa shape index (κ3) is 1.38. The number of rotatable bonds is 1. The second kappa shape index (κ2) is 3.17. The molecule has 0 aromatic heterocycles. The van der Waals surface area contributed by atoms with Crippen molar-refractivity contribution in [3.63, 3.8) is 0 Å². The van der Waals surface area contributed by atoms with Crippen LogP contribution in [0.4, 0.5) is 0 Å². The van der Waals surface area contributed by atoms with Crippen molar-refractivity contribution >= 4 is 6.29 Å². The zero-order valence-corrected chi connectivity index (χ0v) is 6.75. The molecule has 6 nitrogen and oxygen atoms in total. The van der Waals surface area contributed by atoms with E-state index in [0.717, 1.165) is 0 Å². The van der Waals surface area contributed by atoms with Crippen molar-refractivity contribution in [1.29, 1.82) is 0 Å². The second-order valence-corrected chi connectivity index (χ2v) is 3.12. The van der Waals surface area contributed by atoms with Crippen LogP contribution in [0.5, 0.6) is 0 Å². The SMILES string of the molecule is O=CC1=CCC2C(C1)N([O-])ON2[O-]. The average molecular weight is 184 g/mol. The van der Waals surface area contributed by atoms with E-state index in [9.17, 15) is 15.2 Å². The summed E-state index contributed by atoms with van der Waals surface area (Å²) in [7, 11) is 0. The maximum Gasteiger partial charge on any atom is 0.145 e. The van der Waals surface area contributed by atoms with Crippen LogP contribution in [-0.4, -0.2) is 28.8 Å². The molecule has 2 aliphatic rings. The lowest BCUT2D eigenvalue weighted by Crippen LogP contribution is -2.36. The predicted octanol–water partition coefficient (Wildman–Crippen LogP) is 0.102. The van der Waals surface area contributed by atoms with Crippen molar-refractivity contribution in [3.8, 4) is 0 Å². The van der Waals surface area contributed by atoms with E-state index in [1.807, 2.05) is 0 Å². The van der Waals surface area contributed by atoms with Gasteiger partial charge in [0.15, 0.2) is 0 Å². The summed E-state index contributed by atoms with van der Waals surface area (Å²) in [5.41, 5.74) is 0.556. The number of fused-ring (bicyclic) bond motifs is 1. The lowest BCUT2D eigenvalue weighted by molar-refractivity contribution is -0.234. The average Bonchev–Trinajstić information content (AvgIpc) is 2.42. The summed E-state index contributed by atoms with van der Waals surface area (Å²) < 4.78 is 0. The molecule has 1 fully saturated rings.